The molecule has 1 heterocycles. The van der Waals surface area contributed by atoms with Crippen LogP contribution in [0.5, 0.6) is 5.75 Å². The van der Waals surface area contributed by atoms with Crippen LogP contribution in [0.3, 0.4) is 0 Å². The molecular weight excluding hydrogens is 361 g/mol. The molecule has 0 unspecified atom stereocenters. The van der Waals surface area contributed by atoms with Crippen molar-refractivity contribution in [1.29, 1.82) is 0 Å². The van der Waals surface area contributed by atoms with Crippen molar-refractivity contribution in [2.75, 3.05) is 12.8 Å². The van der Waals surface area contributed by atoms with Gasteiger partial charge in [-0.2, -0.15) is 0 Å². The molecule has 0 saturated carbocycles. The Bertz CT molecular complexity index is 980. The van der Waals surface area contributed by atoms with Crippen molar-refractivity contribution < 1.29 is 27.4 Å². The van der Waals surface area contributed by atoms with Crippen LogP contribution in [-0.2, 0) is 4.74 Å². The van der Waals surface area contributed by atoms with Crippen LogP contribution < -0.4 is 10.5 Å². The van der Waals surface area contributed by atoms with E-state index in [1.807, 2.05) is 0 Å². The number of esters is 1. The van der Waals surface area contributed by atoms with Crippen LogP contribution >= 0.6 is 0 Å². The zero-order valence-corrected chi connectivity index (χ0v) is 14.2. The lowest BCUT2D eigenvalue weighted by atomic mass is 10.0. The molecule has 140 valence electrons. The molecule has 0 spiro atoms. The van der Waals surface area contributed by atoms with Crippen molar-refractivity contribution in [3.05, 3.63) is 66.5 Å². The van der Waals surface area contributed by atoms with Crippen LogP contribution in [-0.4, -0.2) is 24.0 Å². The van der Waals surface area contributed by atoms with Gasteiger partial charge in [-0.1, -0.05) is 24.3 Å². The van der Waals surface area contributed by atoms with Gasteiger partial charge in [0, 0.05) is 29.2 Å². The van der Waals surface area contributed by atoms with Gasteiger partial charge in [0.15, 0.2) is 0 Å². The number of nitrogens with two attached hydrogens (primary N) is 1. The van der Waals surface area contributed by atoms with Gasteiger partial charge in [-0.15, -0.1) is 13.2 Å². The Kier molecular flexibility index (Phi) is 4.81. The van der Waals surface area contributed by atoms with E-state index in [2.05, 4.69) is 9.47 Å². The fourth-order valence-corrected chi connectivity index (χ4v) is 2.68. The molecule has 0 saturated heterocycles. The number of ether oxygens (including phenoxy) is 2. The Hall–Kier alpha value is -3.42. The van der Waals surface area contributed by atoms with E-state index >= 15 is 0 Å². The lowest BCUT2D eigenvalue weighted by molar-refractivity contribution is -0.274. The standard InChI is InChI=1S/C19H15F3N2O3/c1-26-18(25)12-8-9-24(11-12)16-10-13(23)6-7-14(16)15-4-2-3-5-17(15)27-19(20,21)22/h2-11H,23H2,1H3. The van der Waals surface area contributed by atoms with Crippen LogP contribution in [0, 0.1) is 0 Å². The smallest absolute Gasteiger partial charge is 0.465 e. The maximum Gasteiger partial charge on any atom is 0.573 e. The Morgan fingerprint density at radius 2 is 1.81 bits per heavy atom. The zero-order chi connectivity index (χ0) is 19.6. The highest BCUT2D eigenvalue weighted by Gasteiger charge is 2.32. The number of alkyl halides is 3. The number of para-hydroxylation sites is 1. The summed E-state index contributed by atoms with van der Waals surface area (Å²) in [7, 11) is 1.26. The van der Waals surface area contributed by atoms with Crippen molar-refractivity contribution in [1.82, 2.24) is 4.57 Å². The van der Waals surface area contributed by atoms with Crippen LogP contribution in [0.2, 0.25) is 0 Å². The first-order valence-corrected chi connectivity index (χ1v) is 7.80. The summed E-state index contributed by atoms with van der Waals surface area (Å²) in [5.41, 5.74) is 7.75. The molecule has 0 amide bonds. The minimum atomic E-state index is -4.82. The molecule has 0 aliphatic carbocycles. The van der Waals surface area contributed by atoms with Crippen LogP contribution in [0.15, 0.2) is 60.9 Å². The van der Waals surface area contributed by atoms with Gasteiger partial charge in [0.1, 0.15) is 5.75 Å². The molecule has 8 heteroatoms. The fourth-order valence-electron chi connectivity index (χ4n) is 2.68. The average molecular weight is 376 g/mol. The second-order valence-corrected chi connectivity index (χ2v) is 5.62. The lowest BCUT2D eigenvalue weighted by Gasteiger charge is -2.16. The van der Waals surface area contributed by atoms with Crippen LogP contribution in [0.4, 0.5) is 18.9 Å². The monoisotopic (exact) mass is 376 g/mol. The number of hydrogen-bond acceptors (Lipinski definition) is 4. The molecule has 0 aliphatic rings. The molecule has 0 bridgehead atoms. The number of methoxy groups -OCH3 is 1. The van der Waals surface area contributed by atoms with E-state index in [9.17, 15) is 18.0 Å². The number of aromatic nitrogens is 1. The maximum atomic E-state index is 12.8. The van der Waals surface area contributed by atoms with Gasteiger partial charge in [-0.25, -0.2) is 4.79 Å². The molecule has 1 aromatic heterocycles. The number of halogens is 3. The Labute approximate surface area is 152 Å². The third-order valence-corrected chi connectivity index (χ3v) is 3.82. The fraction of sp³-hybridized carbons (Fsp3) is 0.105. The number of rotatable bonds is 4. The number of benzene rings is 2. The summed E-state index contributed by atoms with van der Waals surface area (Å²) in [5, 5.41) is 0. The van der Waals surface area contributed by atoms with E-state index in [0.717, 1.165) is 0 Å². The molecular formula is C19H15F3N2O3. The van der Waals surface area contributed by atoms with Gasteiger partial charge in [0.2, 0.25) is 0 Å². The van der Waals surface area contributed by atoms with Crippen molar-refractivity contribution in [2.45, 2.75) is 6.36 Å². The molecule has 27 heavy (non-hydrogen) atoms. The molecule has 0 atom stereocenters. The van der Waals surface area contributed by atoms with Gasteiger partial charge in [0.25, 0.3) is 0 Å². The van der Waals surface area contributed by atoms with Gasteiger partial charge < -0.3 is 19.8 Å². The summed E-state index contributed by atoms with van der Waals surface area (Å²) in [6.07, 6.45) is -1.72. The van der Waals surface area contributed by atoms with Crippen LogP contribution in [0.25, 0.3) is 16.8 Å². The van der Waals surface area contributed by atoms with Crippen molar-refractivity contribution in [2.24, 2.45) is 0 Å². The number of nitrogen functional groups attached to an aromatic ring is 1. The summed E-state index contributed by atoms with van der Waals surface area (Å²) in [5.74, 6) is -0.864. The quantitative estimate of drug-likeness (QED) is 0.541. The van der Waals surface area contributed by atoms with E-state index in [4.69, 9.17) is 5.73 Å². The third kappa shape index (κ3) is 4.05. The van der Waals surface area contributed by atoms with Gasteiger partial charge >= 0.3 is 12.3 Å². The summed E-state index contributed by atoms with van der Waals surface area (Å²) in [4.78, 5) is 11.7. The molecule has 0 fully saturated rings. The van der Waals surface area contributed by atoms with Crippen LogP contribution in [0.1, 0.15) is 10.4 Å². The Balaban J connectivity index is 2.14. The van der Waals surface area contributed by atoms with Crippen molar-refractivity contribution >= 4 is 11.7 Å². The minimum Gasteiger partial charge on any atom is -0.465 e. The highest BCUT2D eigenvalue weighted by Crippen LogP contribution is 2.37. The summed E-state index contributed by atoms with van der Waals surface area (Å²) in [6, 6.07) is 12.1. The number of nitrogens with zero attached hydrogens (tertiary/aromatic N) is 1. The number of carbonyl (C=O) groups excluding carboxylic acids is 1. The largest absolute Gasteiger partial charge is 0.573 e. The first-order valence-electron chi connectivity index (χ1n) is 7.80. The second kappa shape index (κ2) is 7.06. The highest BCUT2D eigenvalue weighted by atomic mass is 19.4. The first-order chi connectivity index (χ1) is 12.8. The second-order valence-electron chi connectivity index (χ2n) is 5.62. The van der Waals surface area contributed by atoms with E-state index in [-0.39, 0.29) is 11.3 Å². The third-order valence-electron chi connectivity index (χ3n) is 3.82. The normalized spacial score (nSPS) is 11.3. The molecule has 3 rings (SSSR count). The predicted molar refractivity (Wildman–Crippen MR) is 93.6 cm³/mol. The number of carbonyl (C=O) groups is 1. The molecule has 0 aliphatic heterocycles. The molecule has 0 radical (unpaired) electrons. The SMILES string of the molecule is COC(=O)c1ccn(-c2cc(N)ccc2-c2ccccc2OC(F)(F)F)c1. The molecule has 2 aromatic carbocycles. The van der Waals surface area contributed by atoms with Crippen molar-refractivity contribution in [3.63, 3.8) is 0 Å². The highest BCUT2D eigenvalue weighted by molar-refractivity contribution is 5.89. The van der Waals surface area contributed by atoms with Gasteiger partial charge in [-0.3, -0.25) is 0 Å². The topological polar surface area (TPSA) is 66.5 Å². The first kappa shape index (κ1) is 18.4. The maximum absolute atomic E-state index is 12.8. The summed E-state index contributed by atoms with van der Waals surface area (Å²) < 4.78 is 48.7. The number of anilines is 1. The lowest BCUT2D eigenvalue weighted by Crippen LogP contribution is -2.17. The van der Waals surface area contributed by atoms with E-state index in [0.29, 0.717) is 22.5 Å². The Morgan fingerprint density at radius 3 is 2.52 bits per heavy atom. The average Bonchev–Trinajstić information content (AvgIpc) is 3.10. The van der Waals surface area contributed by atoms with Crippen molar-refractivity contribution in [3.8, 4) is 22.6 Å². The van der Waals surface area contributed by atoms with E-state index in [1.165, 1.54) is 37.6 Å². The Morgan fingerprint density at radius 1 is 1.07 bits per heavy atom. The molecule has 3 aromatic rings. The van der Waals surface area contributed by atoms with Gasteiger partial charge in [-0.05, 0) is 24.3 Å². The molecule has 5 nitrogen and oxygen atoms in total. The minimum absolute atomic E-state index is 0.234. The predicted octanol–water partition coefficient (Wildman–Crippen LogP) is 4.41. The summed E-state index contributed by atoms with van der Waals surface area (Å²) in [6.45, 7) is 0. The summed E-state index contributed by atoms with van der Waals surface area (Å²) >= 11 is 0. The van der Waals surface area contributed by atoms with E-state index < -0.39 is 12.3 Å². The molecule has 2 N–H and O–H groups in total. The number of hydrogen-bond donors (Lipinski definition) is 1. The van der Waals surface area contributed by atoms with E-state index in [1.54, 1.807) is 35.0 Å². The zero-order valence-electron chi connectivity index (χ0n) is 14.2. The van der Waals surface area contributed by atoms with Gasteiger partial charge in [0.05, 0.1) is 18.4 Å².